The average molecular weight is 463 g/mol. The highest BCUT2D eigenvalue weighted by Crippen LogP contribution is 2.14. The normalized spacial score (nSPS) is 14.9. The number of carbonyl (C=O) groups excluding carboxylic acids is 3. The summed E-state index contributed by atoms with van der Waals surface area (Å²) in [5.74, 6) is -1.80. The Hall–Kier alpha value is -3.30. The molecule has 0 bridgehead atoms. The smallest absolute Gasteiger partial charge is 0.328 e. The number of nitro groups is 1. The predicted molar refractivity (Wildman–Crippen MR) is 125 cm³/mol. The zero-order valence-electron chi connectivity index (χ0n) is 20.0. The van der Waals surface area contributed by atoms with Crippen LogP contribution in [0.15, 0.2) is 29.3 Å². The summed E-state index contributed by atoms with van der Waals surface area (Å²) in [6, 6.07) is 3.34. The van der Waals surface area contributed by atoms with E-state index < -0.39 is 40.8 Å². The van der Waals surface area contributed by atoms with E-state index in [0.717, 1.165) is 0 Å². The van der Waals surface area contributed by atoms with E-state index in [2.05, 4.69) is 15.6 Å². The molecule has 0 spiro atoms. The maximum atomic E-state index is 13.0. The molecule has 0 saturated heterocycles. The maximum Gasteiger partial charge on any atom is 0.328 e. The molecule has 2 amide bonds. The summed E-state index contributed by atoms with van der Waals surface area (Å²) in [5, 5.41) is 16.2. The van der Waals surface area contributed by atoms with Gasteiger partial charge in [-0.25, -0.2) is 4.79 Å². The minimum Gasteiger partial charge on any atom is -0.464 e. The Balaban J connectivity index is 2.97. The highest BCUT2D eigenvalue weighted by molar-refractivity contribution is 5.93. The number of non-ortho nitro benzene ring substituents is 1. The summed E-state index contributed by atoms with van der Waals surface area (Å²) in [7, 11) is 0. The summed E-state index contributed by atoms with van der Waals surface area (Å²) >= 11 is 0. The largest absolute Gasteiger partial charge is 0.464 e. The summed E-state index contributed by atoms with van der Waals surface area (Å²) in [4.78, 5) is 52.4. The molecule has 182 valence electrons. The van der Waals surface area contributed by atoms with Gasteiger partial charge in [0, 0.05) is 18.3 Å². The number of nitrogens with one attached hydrogen (secondary N) is 2. The van der Waals surface area contributed by atoms with Crippen molar-refractivity contribution in [2.45, 2.75) is 66.1 Å². The van der Waals surface area contributed by atoms with Gasteiger partial charge in [0.2, 0.25) is 11.8 Å². The first kappa shape index (κ1) is 27.7. The standard InChI is InChI=1S/C23H34N4O6/c1-7-15(5)20(22(29)25-16(6)23(30)33-8-2)26-21(28)19(14(3)4)24-13-17-9-11-18(12-10-17)27(31)32/h9-16,19-20H,7-8H2,1-6H3,(H,25,29)(H,26,28). The molecule has 33 heavy (non-hydrogen) atoms. The quantitative estimate of drug-likeness (QED) is 0.212. The molecule has 1 rings (SSSR count). The first-order chi connectivity index (χ1) is 15.5. The molecule has 1 aromatic rings. The van der Waals surface area contributed by atoms with Crippen molar-refractivity contribution >= 4 is 29.7 Å². The Morgan fingerprint density at radius 1 is 1.06 bits per heavy atom. The fourth-order valence-electron chi connectivity index (χ4n) is 2.96. The van der Waals surface area contributed by atoms with Gasteiger partial charge in [0.05, 0.1) is 11.5 Å². The zero-order valence-corrected chi connectivity index (χ0v) is 20.0. The zero-order chi connectivity index (χ0) is 25.1. The molecule has 0 aromatic heterocycles. The lowest BCUT2D eigenvalue weighted by Gasteiger charge is -2.27. The van der Waals surface area contributed by atoms with Crippen molar-refractivity contribution in [3.05, 3.63) is 39.9 Å². The lowest BCUT2D eigenvalue weighted by Crippen LogP contribution is -2.55. The number of nitrogens with zero attached hydrogens (tertiary/aromatic N) is 2. The molecule has 10 heteroatoms. The second kappa shape index (κ2) is 13.3. The van der Waals surface area contributed by atoms with Crippen molar-refractivity contribution in [3.8, 4) is 0 Å². The fraction of sp³-hybridized carbons (Fsp3) is 0.565. The number of rotatable bonds is 12. The average Bonchev–Trinajstić information content (AvgIpc) is 2.77. The molecule has 0 heterocycles. The first-order valence-electron chi connectivity index (χ1n) is 11.1. The van der Waals surface area contributed by atoms with Crippen LogP contribution >= 0.6 is 0 Å². The first-order valence-corrected chi connectivity index (χ1v) is 11.1. The van der Waals surface area contributed by atoms with E-state index in [4.69, 9.17) is 4.74 Å². The van der Waals surface area contributed by atoms with Gasteiger partial charge in [-0.1, -0.05) is 34.1 Å². The van der Waals surface area contributed by atoms with Crippen LogP contribution in [0.2, 0.25) is 0 Å². The molecule has 0 aliphatic carbocycles. The van der Waals surface area contributed by atoms with Crippen LogP contribution in [-0.4, -0.2) is 53.7 Å². The molecule has 4 atom stereocenters. The van der Waals surface area contributed by atoms with Crippen molar-refractivity contribution < 1.29 is 24.0 Å². The molecule has 0 fully saturated rings. The molecule has 1 aromatic carbocycles. The third-order valence-electron chi connectivity index (χ3n) is 5.18. The van der Waals surface area contributed by atoms with E-state index >= 15 is 0 Å². The lowest BCUT2D eigenvalue weighted by atomic mass is 9.96. The van der Waals surface area contributed by atoms with Crippen LogP contribution in [0.25, 0.3) is 0 Å². The van der Waals surface area contributed by atoms with E-state index in [-0.39, 0.29) is 24.1 Å². The Kier molecular flexibility index (Phi) is 11.2. The number of carbonyl (C=O) groups is 3. The second-order valence-corrected chi connectivity index (χ2v) is 8.17. The van der Waals surface area contributed by atoms with Gasteiger partial charge in [-0.2, -0.15) is 0 Å². The maximum absolute atomic E-state index is 13.0. The Morgan fingerprint density at radius 2 is 1.67 bits per heavy atom. The van der Waals surface area contributed by atoms with Gasteiger partial charge in [0.15, 0.2) is 0 Å². The van der Waals surface area contributed by atoms with Gasteiger partial charge < -0.3 is 15.4 Å². The van der Waals surface area contributed by atoms with E-state index in [1.807, 2.05) is 27.7 Å². The Labute approximate surface area is 194 Å². The number of ether oxygens (including phenoxy) is 1. The Morgan fingerprint density at radius 3 is 2.15 bits per heavy atom. The van der Waals surface area contributed by atoms with Gasteiger partial charge in [-0.15, -0.1) is 0 Å². The lowest BCUT2D eigenvalue weighted by molar-refractivity contribution is -0.384. The van der Waals surface area contributed by atoms with Gasteiger partial charge >= 0.3 is 5.97 Å². The van der Waals surface area contributed by atoms with Crippen LogP contribution in [0.4, 0.5) is 5.69 Å². The number of aliphatic imine (C=N–C) groups is 1. The van der Waals surface area contributed by atoms with Crippen LogP contribution in [0, 0.1) is 22.0 Å². The number of hydrogen-bond acceptors (Lipinski definition) is 7. The third kappa shape index (κ3) is 8.63. The van der Waals surface area contributed by atoms with Gasteiger partial charge in [-0.05, 0) is 43.4 Å². The highest BCUT2D eigenvalue weighted by atomic mass is 16.6. The van der Waals surface area contributed by atoms with Crippen LogP contribution in [0.5, 0.6) is 0 Å². The molecule has 0 radical (unpaired) electrons. The number of nitro benzene ring substituents is 1. The van der Waals surface area contributed by atoms with Gasteiger partial charge in [0.1, 0.15) is 18.1 Å². The summed E-state index contributed by atoms with van der Waals surface area (Å²) in [6.45, 7) is 10.8. The summed E-state index contributed by atoms with van der Waals surface area (Å²) < 4.78 is 4.92. The fourth-order valence-corrected chi connectivity index (χ4v) is 2.96. The monoisotopic (exact) mass is 462 g/mol. The number of benzene rings is 1. The topological polar surface area (TPSA) is 140 Å². The molecule has 0 aliphatic heterocycles. The number of hydrogen-bond donors (Lipinski definition) is 2. The Bertz CT molecular complexity index is 853. The van der Waals surface area contributed by atoms with Crippen LogP contribution < -0.4 is 10.6 Å². The van der Waals surface area contributed by atoms with E-state index in [0.29, 0.717) is 12.0 Å². The molecular weight excluding hydrogens is 428 g/mol. The van der Waals surface area contributed by atoms with Crippen molar-refractivity contribution in [2.24, 2.45) is 16.8 Å². The summed E-state index contributed by atoms with van der Waals surface area (Å²) in [5.41, 5.74) is 0.572. The SMILES string of the molecule is CCOC(=O)C(C)NC(=O)C(NC(=O)C(N=Cc1ccc([N+](=O)[O-])cc1)C(C)C)C(C)CC. The second-order valence-electron chi connectivity index (χ2n) is 8.17. The molecule has 10 nitrogen and oxygen atoms in total. The van der Waals surface area contributed by atoms with E-state index in [1.54, 1.807) is 19.1 Å². The van der Waals surface area contributed by atoms with Crippen molar-refractivity contribution in [1.29, 1.82) is 0 Å². The molecule has 0 aliphatic rings. The number of amides is 2. The molecule has 4 unspecified atom stereocenters. The van der Waals surface area contributed by atoms with Crippen molar-refractivity contribution in [1.82, 2.24) is 10.6 Å². The van der Waals surface area contributed by atoms with Crippen LogP contribution in [0.3, 0.4) is 0 Å². The van der Waals surface area contributed by atoms with E-state index in [1.165, 1.54) is 25.3 Å². The van der Waals surface area contributed by atoms with Crippen LogP contribution in [-0.2, 0) is 19.1 Å². The van der Waals surface area contributed by atoms with Crippen molar-refractivity contribution in [2.75, 3.05) is 6.61 Å². The third-order valence-corrected chi connectivity index (χ3v) is 5.18. The van der Waals surface area contributed by atoms with Crippen LogP contribution in [0.1, 0.15) is 53.5 Å². The minimum absolute atomic E-state index is 0.0373. The van der Waals surface area contributed by atoms with Crippen molar-refractivity contribution in [3.63, 3.8) is 0 Å². The highest BCUT2D eigenvalue weighted by Gasteiger charge is 2.31. The molecule has 0 saturated carbocycles. The van der Waals surface area contributed by atoms with Gasteiger partial charge in [0.25, 0.3) is 5.69 Å². The predicted octanol–water partition coefficient (Wildman–Crippen LogP) is 2.64. The van der Waals surface area contributed by atoms with Gasteiger partial charge in [-0.3, -0.25) is 24.7 Å². The van der Waals surface area contributed by atoms with E-state index in [9.17, 15) is 24.5 Å². The number of esters is 1. The minimum atomic E-state index is -0.852. The summed E-state index contributed by atoms with van der Waals surface area (Å²) in [6.07, 6.45) is 2.11. The molecular formula is C23H34N4O6. The molecule has 2 N–H and O–H groups in total.